The summed E-state index contributed by atoms with van der Waals surface area (Å²) < 4.78 is 11.1. The van der Waals surface area contributed by atoms with Gasteiger partial charge in [-0.05, 0) is 41.8 Å². The average molecular weight is 386 g/mol. The fourth-order valence-corrected chi connectivity index (χ4v) is 3.89. The van der Waals surface area contributed by atoms with Crippen molar-refractivity contribution >= 4 is 40.3 Å². The van der Waals surface area contributed by atoms with Crippen molar-refractivity contribution in [2.75, 3.05) is 20.8 Å². The number of methoxy groups -OCH3 is 2. The maximum Gasteiger partial charge on any atom is 0.266 e. The van der Waals surface area contributed by atoms with Crippen molar-refractivity contribution < 1.29 is 14.3 Å². The fourth-order valence-electron chi connectivity index (χ4n) is 2.58. The SMILES string of the molecule is COc1ccc(CCN2C(=O)C(=Cc3cccnc3)SC2=S)cc1OC. The summed E-state index contributed by atoms with van der Waals surface area (Å²) in [5.74, 6) is 1.29. The first kappa shape index (κ1) is 18.4. The molecule has 0 N–H and O–H groups in total. The Balaban J connectivity index is 1.70. The lowest BCUT2D eigenvalue weighted by atomic mass is 10.1. The van der Waals surface area contributed by atoms with Gasteiger partial charge in [0.2, 0.25) is 0 Å². The minimum Gasteiger partial charge on any atom is -0.493 e. The van der Waals surface area contributed by atoms with E-state index >= 15 is 0 Å². The van der Waals surface area contributed by atoms with Crippen LogP contribution in [0.2, 0.25) is 0 Å². The summed E-state index contributed by atoms with van der Waals surface area (Å²) in [5.41, 5.74) is 1.93. The first-order chi connectivity index (χ1) is 12.6. The molecule has 0 spiro atoms. The molecule has 5 nitrogen and oxygen atoms in total. The Labute approximate surface area is 162 Å². The second-order valence-electron chi connectivity index (χ2n) is 5.56. The van der Waals surface area contributed by atoms with Crippen LogP contribution in [0.15, 0.2) is 47.6 Å². The molecule has 26 heavy (non-hydrogen) atoms. The molecule has 134 valence electrons. The van der Waals surface area contributed by atoms with E-state index in [2.05, 4.69) is 4.98 Å². The molecule has 1 aromatic carbocycles. The smallest absolute Gasteiger partial charge is 0.266 e. The summed E-state index contributed by atoms with van der Waals surface area (Å²) >= 11 is 6.70. The molecule has 7 heteroatoms. The lowest BCUT2D eigenvalue weighted by Gasteiger charge is -2.15. The van der Waals surface area contributed by atoms with E-state index < -0.39 is 0 Å². The molecule has 1 aliphatic rings. The largest absolute Gasteiger partial charge is 0.493 e. The van der Waals surface area contributed by atoms with Crippen LogP contribution in [0.5, 0.6) is 11.5 Å². The lowest BCUT2D eigenvalue weighted by molar-refractivity contribution is -0.122. The molecule has 0 saturated carbocycles. The number of rotatable bonds is 6. The highest BCUT2D eigenvalue weighted by atomic mass is 32.2. The van der Waals surface area contributed by atoms with Crippen molar-refractivity contribution in [3.05, 3.63) is 58.8 Å². The van der Waals surface area contributed by atoms with Gasteiger partial charge in [-0.25, -0.2) is 0 Å². The molecule has 0 aliphatic carbocycles. The highest BCUT2D eigenvalue weighted by molar-refractivity contribution is 8.26. The van der Waals surface area contributed by atoms with Gasteiger partial charge in [0.15, 0.2) is 11.5 Å². The van der Waals surface area contributed by atoms with Crippen LogP contribution in [-0.2, 0) is 11.2 Å². The molecule has 0 radical (unpaired) electrons. The Kier molecular flexibility index (Phi) is 5.90. The van der Waals surface area contributed by atoms with Gasteiger partial charge in [0, 0.05) is 18.9 Å². The van der Waals surface area contributed by atoms with E-state index in [1.165, 1.54) is 11.8 Å². The minimum absolute atomic E-state index is 0.0654. The molecular weight excluding hydrogens is 368 g/mol. The number of thioether (sulfide) groups is 1. The van der Waals surface area contributed by atoms with Gasteiger partial charge in [0.1, 0.15) is 4.32 Å². The summed E-state index contributed by atoms with van der Waals surface area (Å²) in [6, 6.07) is 9.49. The number of aromatic nitrogens is 1. The quantitative estimate of drug-likeness (QED) is 0.559. The number of pyridine rings is 1. The van der Waals surface area contributed by atoms with E-state index in [-0.39, 0.29) is 5.91 Å². The summed E-state index contributed by atoms with van der Waals surface area (Å²) in [5, 5.41) is 0. The Morgan fingerprint density at radius 2 is 2.04 bits per heavy atom. The van der Waals surface area contributed by atoms with Crippen LogP contribution in [0.1, 0.15) is 11.1 Å². The van der Waals surface area contributed by atoms with Crippen LogP contribution in [0.3, 0.4) is 0 Å². The first-order valence-corrected chi connectivity index (χ1v) is 9.21. The number of benzene rings is 1. The Bertz CT molecular complexity index is 853. The van der Waals surface area contributed by atoms with E-state index in [0.717, 1.165) is 11.1 Å². The lowest BCUT2D eigenvalue weighted by Crippen LogP contribution is -2.30. The molecule has 0 bridgehead atoms. The molecule has 0 unspecified atom stereocenters. The number of carbonyl (C=O) groups is 1. The zero-order valence-electron chi connectivity index (χ0n) is 14.5. The van der Waals surface area contributed by atoms with Crippen LogP contribution in [0.25, 0.3) is 6.08 Å². The molecule has 3 rings (SSSR count). The highest BCUT2D eigenvalue weighted by Crippen LogP contribution is 2.33. The number of amides is 1. The van der Waals surface area contributed by atoms with Gasteiger partial charge in [-0.15, -0.1) is 0 Å². The molecule has 2 aromatic rings. The molecular formula is C19H18N2O3S2. The summed E-state index contributed by atoms with van der Waals surface area (Å²) in [6.07, 6.45) is 5.91. The Morgan fingerprint density at radius 1 is 1.23 bits per heavy atom. The normalized spacial score (nSPS) is 15.6. The second kappa shape index (κ2) is 8.33. The van der Waals surface area contributed by atoms with Crippen molar-refractivity contribution in [1.82, 2.24) is 9.88 Å². The molecule has 1 fully saturated rings. The summed E-state index contributed by atoms with van der Waals surface area (Å²) in [6.45, 7) is 0.518. The van der Waals surface area contributed by atoms with Crippen molar-refractivity contribution in [2.24, 2.45) is 0 Å². The summed E-state index contributed by atoms with van der Waals surface area (Å²) in [7, 11) is 3.21. The van der Waals surface area contributed by atoms with Crippen LogP contribution in [0, 0.1) is 0 Å². The highest BCUT2D eigenvalue weighted by Gasteiger charge is 2.31. The third kappa shape index (κ3) is 4.05. The molecule has 2 heterocycles. The van der Waals surface area contributed by atoms with E-state index in [1.807, 2.05) is 36.4 Å². The predicted molar refractivity (Wildman–Crippen MR) is 107 cm³/mol. The van der Waals surface area contributed by atoms with Crippen molar-refractivity contribution in [2.45, 2.75) is 6.42 Å². The summed E-state index contributed by atoms with van der Waals surface area (Å²) in [4.78, 5) is 19.0. The van der Waals surface area contributed by atoms with Gasteiger partial charge < -0.3 is 9.47 Å². The monoisotopic (exact) mass is 386 g/mol. The third-order valence-electron chi connectivity index (χ3n) is 3.93. The third-order valence-corrected chi connectivity index (χ3v) is 5.31. The average Bonchev–Trinajstić information content (AvgIpc) is 2.93. The molecule has 1 saturated heterocycles. The zero-order valence-corrected chi connectivity index (χ0v) is 16.1. The minimum atomic E-state index is -0.0654. The van der Waals surface area contributed by atoms with Gasteiger partial charge in [-0.3, -0.25) is 14.7 Å². The Morgan fingerprint density at radius 3 is 2.73 bits per heavy atom. The number of hydrogen-bond acceptors (Lipinski definition) is 6. The number of thiocarbonyl (C=S) groups is 1. The maximum absolute atomic E-state index is 12.6. The van der Waals surface area contributed by atoms with Gasteiger partial charge in [-0.2, -0.15) is 0 Å². The van der Waals surface area contributed by atoms with Crippen molar-refractivity contribution in [3.8, 4) is 11.5 Å². The zero-order chi connectivity index (χ0) is 18.5. The standard InChI is InChI=1S/C19H18N2O3S2/c1-23-15-6-5-13(10-16(15)24-2)7-9-21-18(22)17(26-19(21)25)11-14-4-3-8-20-12-14/h3-6,8,10-12H,7,9H2,1-2H3. The van der Waals surface area contributed by atoms with Crippen molar-refractivity contribution in [3.63, 3.8) is 0 Å². The van der Waals surface area contributed by atoms with Gasteiger partial charge >= 0.3 is 0 Å². The van der Waals surface area contributed by atoms with Crippen LogP contribution >= 0.6 is 24.0 Å². The fraction of sp³-hybridized carbons (Fsp3) is 0.211. The molecule has 1 aliphatic heterocycles. The van der Waals surface area contributed by atoms with E-state index in [1.54, 1.807) is 31.5 Å². The number of nitrogens with zero attached hydrogens (tertiary/aromatic N) is 2. The number of carbonyl (C=O) groups excluding carboxylic acids is 1. The second-order valence-corrected chi connectivity index (χ2v) is 7.23. The van der Waals surface area contributed by atoms with Gasteiger partial charge in [-0.1, -0.05) is 36.1 Å². The van der Waals surface area contributed by atoms with Gasteiger partial charge in [0.05, 0.1) is 19.1 Å². The number of hydrogen-bond donors (Lipinski definition) is 0. The first-order valence-electron chi connectivity index (χ1n) is 7.98. The Hall–Kier alpha value is -2.38. The molecule has 1 amide bonds. The van der Waals surface area contributed by atoms with Crippen molar-refractivity contribution in [1.29, 1.82) is 0 Å². The number of ether oxygens (including phenoxy) is 2. The van der Waals surface area contributed by atoms with E-state index in [4.69, 9.17) is 21.7 Å². The topological polar surface area (TPSA) is 51.7 Å². The van der Waals surface area contributed by atoms with Crippen LogP contribution in [0.4, 0.5) is 0 Å². The molecule has 0 atom stereocenters. The van der Waals surface area contributed by atoms with Gasteiger partial charge in [0.25, 0.3) is 5.91 Å². The van der Waals surface area contributed by atoms with Crippen LogP contribution in [-0.4, -0.2) is 40.9 Å². The molecule has 1 aromatic heterocycles. The van der Waals surface area contributed by atoms with E-state index in [0.29, 0.717) is 33.7 Å². The van der Waals surface area contributed by atoms with Crippen LogP contribution < -0.4 is 9.47 Å². The maximum atomic E-state index is 12.6. The predicted octanol–water partition coefficient (Wildman–Crippen LogP) is 3.54. The van der Waals surface area contributed by atoms with E-state index in [9.17, 15) is 4.79 Å².